The van der Waals surface area contributed by atoms with Crippen molar-refractivity contribution in [1.82, 2.24) is 0 Å². The zero-order valence-electron chi connectivity index (χ0n) is 8.88. The third-order valence-electron chi connectivity index (χ3n) is 2.13. The van der Waals surface area contributed by atoms with Crippen molar-refractivity contribution < 1.29 is 4.39 Å². The molecule has 2 atom stereocenters. The van der Waals surface area contributed by atoms with E-state index >= 15 is 0 Å². The van der Waals surface area contributed by atoms with Crippen LogP contribution >= 0.6 is 25.3 Å². The Balaban J connectivity index is 0. The Bertz CT molecular complexity index is 110. The fraction of sp³-hybridized carbons (Fsp3) is 1.00. The second-order valence-electron chi connectivity index (χ2n) is 2.97. The average molecular weight is 291 g/mol. The summed E-state index contributed by atoms with van der Waals surface area (Å²) in [6.45, 7) is 2.29. The maximum atomic E-state index is 9.50. The van der Waals surface area contributed by atoms with Crippen LogP contribution in [0.3, 0.4) is 0 Å². The SMILES string of the molecule is CF.CS.C[Se]C1CCCC1(C)S. The van der Waals surface area contributed by atoms with Crippen molar-refractivity contribution in [3.63, 3.8) is 0 Å². The van der Waals surface area contributed by atoms with Gasteiger partial charge in [-0.25, -0.2) is 0 Å². The first-order chi connectivity index (χ1) is 6.17. The standard InChI is InChI=1S/C7H14SSe.CH3F.CH4S/c1-7(8)5-3-4-6(7)9-2;2*1-2/h6,8H,3-5H2,1-2H3;1H3;2H,1H3. The molecule has 0 aromatic carbocycles. The Morgan fingerprint density at radius 1 is 1.38 bits per heavy atom. The van der Waals surface area contributed by atoms with Crippen molar-refractivity contribution in [1.29, 1.82) is 0 Å². The summed E-state index contributed by atoms with van der Waals surface area (Å²) in [4.78, 5) is 0.938. The molecule has 0 aliphatic heterocycles. The van der Waals surface area contributed by atoms with Crippen molar-refractivity contribution >= 4 is 40.2 Å². The van der Waals surface area contributed by atoms with Crippen LogP contribution in [0.2, 0.25) is 10.6 Å². The Kier molecular flexibility index (Phi) is 12.4. The first-order valence-corrected chi connectivity index (χ1v) is 8.29. The predicted molar refractivity (Wildman–Crippen MR) is 68.6 cm³/mol. The summed E-state index contributed by atoms with van der Waals surface area (Å²) in [5.41, 5.74) is 0. The molecule has 1 aliphatic rings. The number of thiol groups is 2. The summed E-state index contributed by atoms with van der Waals surface area (Å²) in [5.74, 6) is 2.33. The van der Waals surface area contributed by atoms with Crippen molar-refractivity contribution in [3.8, 4) is 0 Å². The van der Waals surface area contributed by atoms with Gasteiger partial charge >= 0.3 is 69.2 Å². The molecule has 1 fully saturated rings. The van der Waals surface area contributed by atoms with Crippen LogP contribution in [0.15, 0.2) is 0 Å². The molecule has 1 saturated carbocycles. The third kappa shape index (κ3) is 6.27. The van der Waals surface area contributed by atoms with E-state index in [4.69, 9.17) is 0 Å². The quantitative estimate of drug-likeness (QED) is 0.536. The minimum absolute atomic E-state index is 0.384. The Hall–Kier alpha value is 1.15. The van der Waals surface area contributed by atoms with Gasteiger partial charge in [0.05, 0.1) is 7.18 Å². The topological polar surface area (TPSA) is 0 Å². The number of hydrogen-bond acceptors (Lipinski definition) is 2. The molecule has 0 nitrogen and oxygen atoms in total. The second-order valence-corrected chi connectivity index (χ2v) is 6.18. The molecule has 1 aliphatic carbocycles. The van der Waals surface area contributed by atoms with E-state index < -0.39 is 0 Å². The van der Waals surface area contributed by atoms with Crippen LogP contribution in [0.1, 0.15) is 26.2 Å². The maximum absolute atomic E-state index is 9.50. The van der Waals surface area contributed by atoms with Gasteiger partial charge in [0.15, 0.2) is 0 Å². The molecule has 0 aromatic rings. The van der Waals surface area contributed by atoms with Gasteiger partial charge in [0.25, 0.3) is 0 Å². The molecule has 0 bridgehead atoms. The van der Waals surface area contributed by atoms with E-state index in [1.54, 1.807) is 6.26 Å². The molecular weight excluding hydrogens is 270 g/mol. The fourth-order valence-electron chi connectivity index (χ4n) is 1.49. The van der Waals surface area contributed by atoms with Gasteiger partial charge in [0, 0.05) is 0 Å². The number of halogens is 1. The van der Waals surface area contributed by atoms with Crippen LogP contribution in [0, 0.1) is 0 Å². The first kappa shape index (κ1) is 16.6. The van der Waals surface area contributed by atoms with E-state index in [1.165, 1.54) is 19.3 Å². The van der Waals surface area contributed by atoms with E-state index in [0.717, 1.165) is 19.8 Å². The van der Waals surface area contributed by atoms with Gasteiger partial charge in [-0.2, -0.15) is 12.6 Å². The van der Waals surface area contributed by atoms with E-state index in [0.29, 0.717) is 11.9 Å². The van der Waals surface area contributed by atoms with Crippen LogP contribution in [0.4, 0.5) is 4.39 Å². The monoisotopic (exact) mass is 292 g/mol. The van der Waals surface area contributed by atoms with Gasteiger partial charge in [-0.1, -0.05) is 0 Å². The summed E-state index contributed by atoms with van der Waals surface area (Å²) in [7, 11) is 0.500. The van der Waals surface area contributed by atoms with Gasteiger partial charge in [-0.3, -0.25) is 4.39 Å². The summed E-state index contributed by atoms with van der Waals surface area (Å²) in [6, 6.07) is 0. The number of rotatable bonds is 1. The van der Waals surface area contributed by atoms with E-state index in [1.807, 2.05) is 0 Å². The normalized spacial score (nSPS) is 31.2. The summed E-state index contributed by atoms with van der Waals surface area (Å²) >= 11 is 8.98. The molecule has 0 heterocycles. The fourth-order valence-corrected chi connectivity index (χ4v) is 4.48. The van der Waals surface area contributed by atoms with Gasteiger partial charge in [-0.05, 0) is 6.26 Å². The van der Waals surface area contributed by atoms with Gasteiger partial charge in [0.1, 0.15) is 0 Å². The number of alkyl halides is 1. The van der Waals surface area contributed by atoms with Crippen LogP contribution < -0.4 is 0 Å². The van der Waals surface area contributed by atoms with Crippen LogP contribution in [-0.4, -0.2) is 33.1 Å². The van der Waals surface area contributed by atoms with Gasteiger partial charge < -0.3 is 0 Å². The van der Waals surface area contributed by atoms with E-state index in [2.05, 4.69) is 38.0 Å². The van der Waals surface area contributed by atoms with E-state index in [-0.39, 0.29) is 0 Å². The Labute approximate surface area is 99.4 Å². The summed E-state index contributed by atoms with van der Waals surface area (Å²) in [5, 5.41) is 0. The van der Waals surface area contributed by atoms with Crippen LogP contribution in [0.25, 0.3) is 0 Å². The zero-order valence-corrected chi connectivity index (χ0v) is 12.4. The zero-order chi connectivity index (χ0) is 10.9. The minimum atomic E-state index is 0.384. The van der Waals surface area contributed by atoms with Crippen molar-refractivity contribution in [3.05, 3.63) is 0 Å². The molecule has 0 amide bonds. The molecule has 0 radical (unpaired) electrons. The molecule has 4 heteroatoms. The molecular formula is C9H21FS2Se. The van der Waals surface area contributed by atoms with Crippen molar-refractivity contribution in [2.75, 3.05) is 13.4 Å². The first-order valence-electron chi connectivity index (χ1n) is 4.24. The summed E-state index contributed by atoms with van der Waals surface area (Å²) in [6.07, 6.45) is 5.85. The average Bonchev–Trinajstić information content (AvgIpc) is 2.51. The predicted octanol–water partition coefficient (Wildman–Crippen LogP) is 3.53. The third-order valence-corrected chi connectivity index (χ3v) is 5.84. The van der Waals surface area contributed by atoms with Gasteiger partial charge in [-0.15, -0.1) is 0 Å². The molecule has 82 valence electrons. The second kappa shape index (κ2) is 9.69. The molecule has 0 aromatic heterocycles. The van der Waals surface area contributed by atoms with Crippen molar-refractivity contribution in [2.45, 2.75) is 41.6 Å². The van der Waals surface area contributed by atoms with Crippen LogP contribution in [0.5, 0.6) is 0 Å². The number of hydrogen-bond donors (Lipinski definition) is 2. The van der Waals surface area contributed by atoms with E-state index in [9.17, 15) is 4.39 Å². The molecule has 1 rings (SSSR count). The van der Waals surface area contributed by atoms with Crippen LogP contribution in [-0.2, 0) is 0 Å². The summed E-state index contributed by atoms with van der Waals surface area (Å²) < 4.78 is 9.88. The molecule has 0 spiro atoms. The molecule has 0 N–H and O–H groups in total. The molecule has 13 heavy (non-hydrogen) atoms. The van der Waals surface area contributed by atoms with Crippen molar-refractivity contribution in [2.24, 2.45) is 0 Å². The Morgan fingerprint density at radius 2 is 1.85 bits per heavy atom. The molecule has 2 unspecified atom stereocenters. The Morgan fingerprint density at radius 3 is 2.00 bits per heavy atom. The van der Waals surface area contributed by atoms with Gasteiger partial charge in [0.2, 0.25) is 0 Å². The molecule has 0 saturated heterocycles.